The first-order valence-electron chi connectivity index (χ1n) is 7.56. The van der Waals surface area contributed by atoms with Crippen molar-refractivity contribution in [2.24, 2.45) is 4.99 Å². The molecule has 0 aliphatic rings. The highest BCUT2D eigenvalue weighted by Gasteiger charge is 2.12. The van der Waals surface area contributed by atoms with Gasteiger partial charge in [-0.2, -0.15) is 5.10 Å². The average Bonchev–Trinajstić information content (AvgIpc) is 2.96. The number of aromatic amines is 1. The third-order valence-corrected chi connectivity index (χ3v) is 3.44. The van der Waals surface area contributed by atoms with Crippen molar-refractivity contribution in [3.8, 4) is 0 Å². The molecule has 0 aliphatic heterocycles. The number of nitrogens with zero attached hydrogens (tertiary/aromatic N) is 2. The highest BCUT2D eigenvalue weighted by atomic mass is 16.2. The molecule has 0 aliphatic carbocycles. The van der Waals surface area contributed by atoms with Crippen LogP contribution in [0.3, 0.4) is 0 Å². The van der Waals surface area contributed by atoms with Crippen molar-refractivity contribution < 1.29 is 5.11 Å². The van der Waals surface area contributed by atoms with E-state index < -0.39 is 0 Å². The largest absolute Gasteiger partial charge is 0.396 e. The Kier molecular flexibility index (Phi) is 6.16. The molecule has 0 spiro atoms. The Labute approximate surface area is 125 Å². The predicted molar refractivity (Wildman–Crippen MR) is 85.8 cm³/mol. The molecule has 2 N–H and O–H groups in total. The number of aliphatic hydroxyl groups is 1. The van der Waals surface area contributed by atoms with Crippen LogP contribution in [0.5, 0.6) is 0 Å². The third-order valence-electron chi connectivity index (χ3n) is 3.44. The SMILES string of the molecule is CC/N=C(/CCCc1ccccc1)c1n[nH]cc1CCO. The zero-order valence-electron chi connectivity index (χ0n) is 12.5. The molecule has 1 aromatic heterocycles. The summed E-state index contributed by atoms with van der Waals surface area (Å²) in [6.07, 6.45) is 5.48. The molecule has 0 unspecified atom stereocenters. The highest BCUT2D eigenvalue weighted by Crippen LogP contribution is 2.13. The molecule has 2 rings (SSSR count). The van der Waals surface area contributed by atoms with E-state index in [2.05, 4.69) is 39.5 Å². The van der Waals surface area contributed by atoms with E-state index in [4.69, 9.17) is 5.11 Å². The smallest absolute Gasteiger partial charge is 0.109 e. The van der Waals surface area contributed by atoms with Crippen LogP contribution in [0.25, 0.3) is 0 Å². The molecule has 1 aromatic carbocycles. The maximum Gasteiger partial charge on any atom is 0.109 e. The molecule has 0 bridgehead atoms. The van der Waals surface area contributed by atoms with E-state index in [9.17, 15) is 0 Å². The van der Waals surface area contributed by atoms with Gasteiger partial charge in [0.05, 0.1) is 5.71 Å². The topological polar surface area (TPSA) is 61.3 Å². The monoisotopic (exact) mass is 285 g/mol. The molecule has 4 nitrogen and oxygen atoms in total. The van der Waals surface area contributed by atoms with E-state index in [1.54, 1.807) is 0 Å². The van der Waals surface area contributed by atoms with Gasteiger partial charge in [-0.05, 0) is 38.2 Å². The molecule has 0 atom stereocenters. The van der Waals surface area contributed by atoms with Gasteiger partial charge >= 0.3 is 0 Å². The van der Waals surface area contributed by atoms with Crippen molar-refractivity contribution in [2.75, 3.05) is 13.2 Å². The van der Waals surface area contributed by atoms with Crippen LogP contribution in [0.15, 0.2) is 41.5 Å². The normalized spacial score (nSPS) is 11.8. The number of aliphatic hydroxyl groups excluding tert-OH is 1. The minimum atomic E-state index is 0.135. The second-order valence-corrected chi connectivity index (χ2v) is 4.99. The number of rotatable bonds is 8. The number of hydrogen-bond donors (Lipinski definition) is 2. The Morgan fingerprint density at radius 3 is 2.76 bits per heavy atom. The van der Waals surface area contributed by atoms with Crippen LogP contribution in [0.4, 0.5) is 0 Å². The van der Waals surface area contributed by atoms with Crippen molar-refractivity contribution >= 4 is 5.71 Å². The van der Waals surface area contributed by atoms with Crippen LogP contribution < -0.4 is 0 Å². The molecular weight excluding hydrogens is 262 g/mol. The van der Waals surface area contributed by atoms with Gasteiger partial charge in [0.1, 0.15) is 5.69 Å². The van der Waals surface area contributed by atoms with E-state index in [-0.39, 0.29) is 6.61 Å². The van der Waals surface area contributed by atoms with E-state index in [1.807, 2.05) is 19.2 Å². The molecule has 0 fully saturated rings. The highest BCUT2D eigenvalue weighted by molar-refractivity contribution is 6.00. The maximum absolute atomic E-state index is 9.12. The zero-order valence-corrected chi connectivity index (χ0v) is 12.5. The fraction of sp³-hybridized carbons (Fsp3) is 0.412. The van der Waals surface area contributed by atoms with Crippen molar-refractivity contribution in [3.05, 3.63) is 53.3 Å². The molecule has 0 amide bonds. The van der Waals surface area contributed by atoms with Gasteiger partial charge in [-0.15, -0.1) is 0 Å². The van der Waals surface area contributed by atoms with Crippen LogP contribution in [-0.2, 0) is 12.8 Å². The summed E-state index contributed by atoms with van der Waals surface area (Å²) >= 11 is 0. The summed E-state index contributed by atoms with van der Waals surface area (Å²) in [5.74, 6) is 0. The second kappa shape index (κ2) is 8.37. The Morgan fingerprint density at radius 1 is 1.24 bits per heavy atom. The van der Waals surface area contributed by atoms with E-state index in [0.29, 0.717) is 6.42 Å². The summed E-state index contributed by atoms with van der Waals surface area (Å²) in [7, 11) is 0. The zero-order chi connectivity index (χ0) is 14.9. The number of aromatic nitrogens is 2. The minimum Gasteiger partial charge on any atom is -0.396 e. The minimum absolute atomic E-state index is 0.135. The molecule has 2 aromatic rings. The molecular formula is C17H23N3O. The summed E-state index contributed by atoms with van der Waals surface area (Å²) in [6.45, 7) is 2.93. The standard InChI is InChI=1S/C17H23N3O/c1-2-18-16(17-15(11-12-21)13-19-20-17)10-6-9-14-7-4-3-5-8-14/h3-5,7-8,13,21H,2,6,9-12H2,1H3,(H,19,20)/b18-16-. The first-order valence-corrected chi connectivity index (χ1v) is 7.56. The molecule has 0 radical (unpaired) electrons. The Balaban J connectivity index is 1.99. The van der Waals surface area contributed by atoms with Gasteiger partial charge in [0, 0.05) is 24.9 Å². The summed E-state index contributed by atoms with van der Waals surface area (Å²) in [4.78, 5) is 4.59. The first-order chi connectivity index (χ1) is 10.3. The summed E-state index contributed by atoms with van der Waals surface area (Å²) in [6, 6.07) is 10.5. The molecule has 0 saturated heterocycles. The van der Waals surface area contributed by atoms with Crippen LogP contribution in [0.1, 0.15) is 36.6 Å². The quantitative estimate of drug-likeness (QED) is 0.733. The lowest BCUT2D eigenvalue weighted by Gasteiger charge is -2.06. The molecule has 4 heteroatoms. The molecule has 21 heavy (non-hydrogen) atoms. The lowest BCUT2D eigenvalue weighted by Crippen LogP contribution is -2.07. The van der Waals surface area contributed by atoms with Gasteiger partial charge in [-0.25, -0.2) is 0 Å². The predicted octanol–water partition coefficient (Wildman–Crippen LogP) is 2.78. The second-order valence-electron chi connectivity index (χ2n) is 4.99. The number of benzene rings is 1. The van der Waals surface area contributed by atoms with Gasteiger partial charge in [-0.1, -0.05) is 30.3 Å². The van der Waals surface area contributed by atoms with Crippen LogP contribution in [-0.4, -0.2) is 34.2 Å². The Morgan fingerprint density at radius 2 is 2.05 bits per heavy atom. The fourth-order valence-corrected chi connectivity index (χ4v) is 2.44. The Hall–Kier alpha value is -1.94. The van der Waals surface area contributed by atoms with Crippen molar-refractivity contribution in [1.29, 1.82) is 0 Å². The van der Waals surface area contributed by atoms with Crippen LogP contribution in [0, 0.1) is 0 Å². The van der Waals surface area contributed by atoms with E-state index >= 15 is 0 Å². The number of H-pyrrole nitrogens is 1. The summed E-state index contributed by atoms with van der Waals surface area (Å²) in [5.41, 5.74) is 4.35. The lowest BCUT2D eigenvalue weighted by atomic mass is 10.0. The van der Waals surface area contributed by atoms with Crippen molar-refractivity contribution in [2.45, 2.75) is 32.6 Å². The number of aryl methyl sites for hydroxylation is 1. The van der Waals surface area contributed by atoms with Gasteiger partial charge in [0.25, 0.3) is 0 Å². The lowest BCUT2D eigenvalue weighted by molar-refractivity contribution is 0.299. The van der Waals surface area contributed by atoms with Gasteiger partial charge < -0.3 is 5.11 Å². The first kappa shape index (κ1) is 15.4. The van der Waals surface area contributed by atoms with E-state index in [0.717, 1.165) is 42.8 Å². The maximum atomic E-state index is 9.12. The van der Waals surface area contributed by atoms with Crippen molar-refractivity contribution in [1.82, 2.24) is 10.2 Å². The van der Waals surface area contributed by atoms with Gasteiger partial charge in [0.15, 0.2) is 0 Å². The van der Waals surface area contributed by atoms with Gasteiger partial charge in [-0.3, -0.25) is 10.1 Å². The molecule has 112 valence electrons. The number of aliphatic imine (C=N–C) groups is 1. The number of nitrogens with one attached hydrogen (secondary N) is 1. The summed E-state index contributed by atoms with van der Waals surface area (Å²) < 4.78 is 0. The molecule has 1 heterocycles. The summed E-state index contributed by atoms with van der Waals surface area (Å²) in [5, 5.41) is 16.3. The Bertz CT molecular complexity index is 560. The average molecular weight is 285 g/mol. The van der Waals surface area contributed by atoms with Gasteiger partial charge in [0.2, 0.25) is 0 Å². The van der Waals surface area contributed by atoms with E-state index in [1.165, 1.54) is 5.56 Å². The third kappa shape index (κ3) is 4.53. The number of hydrogen-bond acceptors (Lipinski definition) is 3. The molecule has 0 saturated carbocycles. The fourth-order valence-electron chi connectivity index (χ4n) is 2.44. The van der Waals surface area contributed by atoms with Crippen LogP contribution in [0.2, 0.25) is 0 Å². The van der Waals surface area contributed by atoms with Crippen LogP contribution >= 0.6 is 0 Å². The van der Waals surface area contributed by atoms with Crippen molar-refractivity contribution in [3.63, 3.8) is 0 Å².